The summed E-state index contributed by atoms with van der Waals surface area (Å²) in [6.45, 7) is 0. The lowest BCUT2D eigenvalue weighted by Crippen LogP contribution is -2.11. The number of amides is 1. The summed E-state index contributed by atoms with van der Waals surface area (Å²) in [6.07, 6.45) is 0. The molecule has 0 saturated heterocycles. The Bertz CT molecular complexity index is 472. The van der Waals surface area contributed by atoms with E-state index in [1.165, 1.54) is 35.0 Å². The summed E-state index contributed by atoms with van der Waals surface area (Å²) < 4.78 is 12.8. The van der Waals surface area contributed by atoms with Crippen molar-refractivity contribution in [3.8, 4) is 0 Å². The van der Waals surface area contributed by atoms with Crippen molar-refractivity contribution in [3.05, 3.63) is 41.2 Å². The first-order valence-electron chi connectivity index (χ1n) is 4.09. The first-order valence-corrected chi connectivity index (χ1v) is 4.97. The molecule has 0 bridgehead atoms. The molecule has 15 heavy (non-hydrogen) atoms. The molecule has 4 nitrogen and oxygen atoms in total. The molecular weight excluding hydrogens is 217 g/mol. The number of nitrogens with one attached hydrogen (secondary N) is 1. The van der Waals surface area contributed by atoms with Gasteiger partial charge in [0.2, 0.25) is 5.13 Å². The van der Waals surface area contributed by atoms with Gasteiger partial charge in [0.15, 0.2) is 0 Å². The highest BCUT2D eigenvalue weighted by Gasteiger charge is 2.08. The molecule has 1 amide bonds. The Balaban J connectivity index is 2.15. The lowest BCUT2D eigenvalue weighted by atomic mass is 10.2. The van der Waals surface area contributed by atoms with Crippen LogP contribution in [0.1, 0.15) is 10.4 Å². The van der Waals surface area contributed by atoms with Crippen LogP contribution in [0.3, 0.4) is 0 Å². The molecule has 1 aromatic heterocycles. The minimum absolute atomic E-state index is 0.255. The summed E-state index contributed by atoms with van der Waals surface area (Å²) in [5.41, 5.74) is 1.76. The van der Waals surface area contributed by atoms with Crippen molar-refractivity contribution >= 4 is 22.4 Å². The number of aromatic nitrogens is 2. The normalized spacial score (nSPS) is 9.93. The van der Waals surface area contributed by atoms with Crippen LogP contribution < -0.4 is 5.32 Å². The number of carbonyl (C=O) groups is 1. The zero-order valence-electron chi connectivity index (χ0n) is 7.48. The van der Waals surface area contributed by atoms with Crippen LogP contribution in [0.4, 0.5) is 9.52 Å². The van der Waals surface area contributed by atoms with Crippen LogP contribution in [-0.4, -0.2) is 16.1 Å². The van der Waals surface area contributed by atoms with Gasteiger partial charge in [-0.3, -0.25) is 10.1 Å². The lowest BCUT2D eigenvalue weighted by Gasteiger charge is -2.00. The second-order valence-electron chi connectivity index (χ2n) is 2.71. The Morgan fingerprint density at radius 2 is 2.33 bits per heavy atom. The van der Waals surface area contributed by atoms with E-state index >= 15 is 0 Å². The molecule has 76 valence electrons. The fourth-order valence-corrected chi connectivity index (χ4v) is 1.47. The molecule has 0 aliphatic heterocycles. The summed E-state index contributed by atoms with van der Waals surface area (Å²) in [5.74, 6) is -0.842. The van der Waals surface area contributed by atoms with E-state index in [1.54, 1.807) is 0 Å². The molecule has 0 aliphatic rings. The maximum absolute atomic E-state index is 12.8. The number of rotatable bonds is 2. The molecular formula is C9H6FN3OS. The third kappa shape index (κ3) is 2.35. The van der Waals surface area contributed by atoms with Gasteiger partial charge in [-0.2, -0.15) is 0 Å². The van der Waals surface area contributed by atoms with Crippen molar-refractivity contribution in [2.24, 2.45) is 0 Å². The van der Waals surface area contributed by atoms with Crippen LogP contribution in [-0.2, 0) is 0 Å². The van der Waals surface area contributed by atoms with Gasteiger partial charge in [-0.05, 0) is 18.2 Å². The van der Waals surface area contributed by atoms with Gasteiger partial charge in [0, 0.05) is 5.56 Å². The van der Waals surface area contributed by atoms with E-state index in [0.29, 0.717) is 5.13 Å². The number of halogens is 1. The van der Waals surface area contributed by atoms with Gasteiger partial charge in [0.05, 0.1) is 0 Å². The number of hydrogen-bond donors (Lipinski definition) is 1. The van der Waals surface area contributed by atoms with Crippen molar-refractivity contribution in [3.63, 3.8) is 0 Å². The van der Waals surface area contributed by atoms with E-state index in [9.17, 15) is 9.18 Å². The van der Waals surface area contributed by atoms with Crippen LogP contribution in [0.2, 0.25) is 0 Å². The molecule has 0 radical (unpaired) electrons. The topological polar surface area (TPSA) is 54.9 Å². The third-order valence-corrected chi connectivity index (χ3v) is 2.27. The Hall–Kier alpha value is -1.82. The Labute approximate surface area is 88.8 Å². The van der Waals surface area contributed by atoms with Crippen LogP contribution in [0, 0.1) is 5.82 Å². The monoisotopic (exact) mass is 223 g/mol. The number of benzene rings is 1. The molecule has 2 aromatic rings. The molecule has 0 atom stereocenters. The molecule has 0 unspecified atom stereocenters. The number of nitrogens with zero attached hydrogens (tertiary/aromatic N) is 2. The van der Waals surface area contributed by atoms with Crippen molar-refractivity contribution in [2.45, 2.75) is 0 Å². The maximum atomic E-state index is 12.8. The summed E-state index contributed by atoms with van der Waals surface area (Å²) >= 11 is 1.20. The van der Waals surface area contributed by atoms with Crippen molar-refractivity contribution < 1.29 is 9.18 Å². The quantitative estimate of drug-likeness (QED) is 0.846. The third-order valence-electron chi connectivity index (χ3n) is 1.67. The van der Waals surface area contributed by atoms with Gasteiger partial charge < -0.3 is 0 Å². The fourth-order valence-electron chi connectivity index (χ4n) is 1.03. The highest BCUT2D eigenvalue weighted by Crippen LogP contribution is 2.11. The van der Waals surface area contributed by atoms with Crippen LogP contribution in [0.25, 0.3) is 0 Å². The summed E-state index contributed by atoms with van der Waals surface area (Å²) in [5, 5.41) is 10.1. The highest BCUT2D eigenvalue weighted by atomic mass is 32.1. The van der Waals surface area contributed by atoms with Crippen molar-refractivity contribution in [1.82, 2.24) is 10.2 Å². The Kier molecular flexibility index (Phi) is 2.68. The van der Waals surface area contributed by atoms with Gasteiger partial charge in [-0.15, -0.1) is 10.2 Å². The number of hydrogen-bond acceptors (Lipinski definition) is 4. The SMILES string of the molecule is O=C(Nc1nncs1)c1cccc(F)c1. The van der Waals surface area contributed by atoms with Gasteiger partial charge in [0.25, 0.3) is 5.91 Å². The molecule has 2 rings (SSSR count). The predicted octanol–water partition coefficient (Wildman–Crippen LogP) is 1.93. The molecule has 1 heterocycles. The van der Waals surface area contributed by atoms with Crippen molar-refractivity contribution in [1.29, 1.82) is 0 Å². The van der Waals surface area contributed by atoms with Gasteiger partial charge >= 0.3 is 0 Å². The van der Waals surface area contributed by atoms with E-state index < -0.39 is 11.7 Å². The van der Waals surface area contributed by atoms with E-state index in [1.807, 2.05) is 0 Å². The second kappa shape index (κ2) is 4.14. The van der Waals surface area contributed by atoms with E-state index in [2.05, 4.69) is 15.5 Å². The first-order chi connectivity index (χ1) is 7.25. The molecule has 1 aromatic carbocycles. The minimum atomic E-state index is -0.445. The lowest BCUT2D eigenvalue weighted by molar-refractivity contribution is 0.102. The Morgan fingerprint density at radius 3 is 3.00 bits per heavy atom. The zero-order valence-corrected chi connectivity index (χ0v) is 8.29. The summed E-state index contributed by atoms with van der Waals surface area (Å²) in [6, 6.07) is 5.45. The molecule has 0 saturated carbocycles. The standard InChI is InChI=1S/C9H6FN3OS/c10-7-3-1-2-6(4-7)8(14)12-9-13-11-5-15-9/h1-5H,(H,12,13,14). The van der Waals surface area contributed by atoms with E-state index in [0.717, 1.165) is 6.07 Å². The van der Waals surface area contributed by atoms with Crippen LogP contribution in [0.5, 0.6) is 0 Å². The average molecular weight is 223 g/mol. The highest BCUT2D eigenvalue weighted by molar-refractivity contribution is 7.13. The van der Waals surface area contributed by atoms with Gasteiger partial charge in [-0.25, -0.2) is 4.39 Å². The fraction of sp³-hybridized carbons (Fsp3) is 0. The maximum Gasteiger partial charge on any atom is 0.257 e. The molecule has 1 N–H and O–H groups in total. The van der Waals surface area contributed by atoms with E-state index in [-0.39, 0.29) is 5.56 Å². The van der Waals surface area contributed by atoms with Crippen LogP contribution in [0.15, 0.2) is 29.8 Å². The van der Waals surface area contributed by atoms with Gasteiger partial charge in [-0.1, -0.05) is 17.4 Å². The summed E-state index contributed by atoms with van der Waals surface area (Å²) in [7, 11) is 0. The Morgan fingerprint density at radius 1 is 1.47 bits per heavy atom. The molecule has 0 aliphatic carbocycles. The largest absolute Gasteiger partial charge is 0.296 e. The molecule has 6 heteroatoms. The van der Waals surface area contributed by atoms with Crippen LogP contribution >= 0.6 is 11.3 Å². The molecule has 0 spiro atoms. The molecule has 0 fully saturated rings. The van der Waals surface area contributed by atoms with Crippen molar-refractivity contribution in [2.75, 3.05) is 5.32 Å². The van der Waals surface area contributed by atoms with E-state index in [4.69, 9.17) is 0 Å². The summed E-state index contributed by atoms with van der Waals surface area (Å²) in [4.78, 5) is 11.5. The average Bonchev–Trinajstić information content (AvgIpc) is 2.70. The predicted molar refractivity (Wildman–Crippen MR) is 54.3 cm³/mol. The second-order valence-corrected chi connectivity index (χ2v) is 3.54. The number of anilines is 1. The minimum Gasteiger partial charge on any atom is -0.296 e. The smallest absolute Gasteiger partial charge is 0.257 e. The zero-order chi connectivity index (χ0) is 10.7. The first kappa shape index (κ1) is 9.72. The number of carbonyl (C=O) groups excluding carboxylic acids is 1. The van der Waals surface area contributed by atoms with Gasteiger partial charge in [0.1, 0.15) is 11.3 Å².